The molecule has 2 saturated heterocycles. The molecule has 2 unspecified atom stereocenters. The number of aromatic nitrogens is 1. The number of morpholine rings is 1. The molecule has 2 bridgehead atoms. The summed E-state index contributed by atoms with van der Waals surface area (Å²) in [6.07, 6.45) is -2.50. The Hall–Kier alpha value is -1.18. The number of nitrogens with zero attached hydrogens (tertiary/aromatic N) is 1. The quantitative estimate of drug-likeness (QED) is 0.821. The van der Waals surface area contributed by atoms with Gasteiger partial charge in [-0.15, -0.1) is 0 Å². The number of hydrogen-bond acceptors (Lipinski definition) is 4. The first-order valence-electron chi connectivity index (χ1n) is 6.47. The first kappa shape index (κ1) is 13.8. The van der Waals surface area contributed by atoms with E-state index < -0.39 is 17.5 Å². The van der Waals surface area contributed by atoms with E-state index >= 15 is 0 Å². The number of aliphatic hydroxyl groups is 1. The van der Waals surface area contributed by atoms with Crippen LogP contribution in [0.1, 0.15) is 24.1 Å². The Morgan fingerprint density at radius 3 is 2.40 bits per heavy atom. The number of hydrogen-bond donors (Lipinski definition) is 2. The van der Waals surface area contributed by atoms with Crippen LogP contribution in [-0.2, 0) is 16.5 Å². The van der Waals surface area contributed by atoms with E-state index in [4.69, 9.17) is 4.74 Å². The van der Waals surface area contributed by atoms with Gasteiger partial charge >= 0.3 is 6.18 Å². The summed E-state index contributed by atoms with van der Waals surface area (Å²) in [5.74, 6) is 0. The van der Waals surface area contributed by atoms with Crippen LogP contribution in [0.3, 0.4) is 0 Å². The number of fused-ring (bicyclic) bond motifs is 2. The summed E-state index contributed by atoms with van der Waals surface area (Å²) in [5, 5.41) is 14.1. The highest BCUT2D eigenvalue weighted by atomic mass is 19.4. The van der Waals surface area contributed by atoms with E-state index in [2.05, 4.69) is 10.3 Å². The minimum Gasteiger partial charge on any atom is -0.385 e. The van der Waals surface area contributed by atoms with Gasteiger partial charge < -0.3 is 15.2 Å². The molecule has 7 heteroatoms. The van der Waals surface area contributed by atoms with Crippen molar-refractivity contribution < 1.29 is 23.0 Å². The largest absolute Gasteiger partial charge is 0.433 e. The normalized spacial score (nSPS) is 34.0. The second kappa shape index (κ2) is 4.68. The number of rotatable bonds is 1. The standard InChI is InChI=1S/C13H15F3N2O2/c14-13(15,16)11-2-1-8(5-17-11)12(19)3-9-6-20-7-10(4-12)18-9/h1-2,5,9-10,18-19H,3-4,6-7H2. The predicted molar refractivity (Wildman–Crippen MR) is 63.9 cm³/mol. The van der Waals surface area contributed by atoms with Crippen LogP contribution in [0, 0.1) is 0 Å². The fourth-order valence-electron chi connectivity index (χ4n) is 2.99. The van der Waals surface area contributed by atoms with Crippen LogP contribution in [0.5, 0.6) is 0 Å². The fraction of sp³-hybridized carbons (Fsp3) is 0.615. The molecule has 2 aliphatic rings. The van der Waals surface area contributed by atoms with Gasteiger partial charge in [-0.05, 0) is 18.9 Å². The molecule has 2 atom stereocenters. The summed E-state index contributed by atoms with van der Waals surface area (Å²) < 4.78 is 42.9. The van der Waals surface area contributed by atoms with Crippen LogP contribution in [-0.4, -0.2) is 35.4 Å². The number of nitrogens with one attached hydrogen (secondary N) is 1. The fourth-order valence-corrected chi connectivity index (χ4v) is 2.99. The zero-order chi connectivity index (χ0) is 14.4. The topological polar surface area (TPSA) is 54.4 Å². The predicted octanol–water partition coefficient (Wildman–Crippen LogP) is 1.44. The van der Waals surface area contributed by atoms with Crippen molar-refractivity contribution in [1.82, 2.24) is 10.3 Å². The molecular formula is C13H15F3N2O2. The minimum absolute atomic E-state index is 0.0230. The van der Waals surface area contributed by atoms with Crippen molar-refractivity contribution in [3.05, 3.63) is 29.6 Å². The maximum absolute atomic E-state index is 12.5. The third kappa shape index (κ3) is 2.53. The van der Waals surface area contributed by atoms with Gasteiger partial charge in [0.25, 0.3) is 0 Å². The lowest BCUT2D eigenvalue weighted by Crippen LogP contribution is -2.58. The van der Waals surface area contributed by atoms with Crippen LogP contribution >= 0.6 is 0 Å². The van der Waals surface area contributed by atoms with Gasteiger partial charge in [-0.25, -0.2) is 0 Å². The van der Waals surface area contributed by atoms with Crippen LogP contribution in [0.15, 0.2) is 18.3 Å². The highest BCUT2D eigenvalue weighted by Crippen LogP contribution is 2.37. The van der Waals surface area contributed by atoms with Gasteiger partial charge in [-0.2, -0.15) is 13.2 Å². The average Bonchev–Trinajstić information content (AvgIpc) is 2.37. The van der Waals surface area contributed by atoms with Crippen molar-refractivity contribution >= 4 is 0 Å². The highest BCUT2D eigenvalue weighted by Gasteiger charge is 2.43. The first-order chi connectivity index (χ1) is 9.37. The molecule has 0 amide bonds. The summed E-state index contributed by atoms with van der Waals surface area (Å²) in [6, 6.07) is 2.28. The zero-order valence-electron chi connectivity index (χ0n) is 10.7. The second-order valence-corrected chi connectivity index (χ2v) is 5.47. The number of halogens is 3. The highest BCUT2D eigenvalue weighted by molar-refractivity contribution is 5.24. The molecule has 0 aliphatic carbocycles. The first-order valence-corrected chi connectivity index (χ1v) is 6.47. The number of ether oxygens (including phenoxy) is 1. The molecule has 0 radical (unpaired) electrons. The van der Waals surface area contributed by atoms with Gasteiger partial charge in [0.15, 0.2) is 0 Å². The van der Waals surface area contributed by atoms with E-state index in [1.807, 2.05) is 0 Å². The monoisotopic (exact) mass is 288 g/mol. The molecule has 0 spiro atoms. The Labute approximate surface area is 114 Å². The Morgan fingerprint density at radius 2 is 1.90 bits per heavy atom. The molecule has 4 nitrogen and oxygen atoms in total. The third-order valence-electron chi connectivity index (χ3n) is 3.87. The molecule has 3 heterocycles. The van der Waals surface area contributed by atoms with E-state index in [-0.39, 0.29) is 12.1 Å². The maximum atomic E-state index is 12.5. The van der Waals surface area contributed by atoms with E-state index in [1.165, 1.54) is 6.07 Å². The van der Waals surface area contributed by atoms with E-state index in [0.29, 0.717) is 31.6 Å². The molecular weight excluding hydrogens is 273 g/mol. The molecule has 3 rings (SSSR count). The molecule has 110 valence electrons. The van der Waals surface area contributed by atoms with Gasteiger partial charge in [-0.1, -0.05) is 6.07 Å². The molecule has 1 aromatic heterocycles. The molecule has 2 aliphatic heterocycles. The van der Waals surface area contributed by atoms with Crippen molar-refractivity contribution in [3.63, 3.8) is 0 Å². The van der Waals surface area contributed by atoms with Crippen molar-refractivity contribution in [2.75, 3.05) is 13.2 Å². The Kier molecular flexibility index (Phi) is 3.23. The van der Waals surface area contributed by atoms with Crippen LogP contribution in [0.25, 0.3) is 0 Å². The molecule has 1 aromatic rings. The second-order valence-electron chi connectivity index (χ2n) is 5.47. The molecule has 0 aromatic carbocycles. The summed E-state index contributed by atoms with van der Waals surface area (Å²) in [5.41, 5.74) is -1.65. The van der Waals surface area contributed by atoms with Crippen molar-refractivity contribution in [2.24, 2.45) is 0 Å². The molecule has 20 heavy (non-hydrogen) atoms. The van der Waals surface area contributed by atoms with Gasteiger partial charge in [-0.3, -0.25) is 4.98 Å². The summed E-state index contributed by atoms with van der Waals surface area (Å²) >= 11 is 0. The van der Waals surface area contributed by atoms with Gasteiger partial charge in [0.1, 0.15) is 5.69 Å². The lowest BCUT2D eigenvalue weighted by atomic mass is 9.78. The smallest absolute Gasteiger partial charge is 0.385 e. The van der Waals surface area contributed by atoms with E-state index in [0.717, 1.165) is 12.3 Å². The average molecular weight is 288 g/mol. The summed E-state index contributed by atoms with van der Waals surface area (Å²) in [7, 11) is 0. The SMILES string of the molecule is OC1(c2ccc(C(F)(F)F)nc2)CC2COCC(C1)N2. The van der Waals surface area contributed by atoms with Crippen molar-refractivity contribution in [3.8, 4) is 0 Å². The minimum atomic E-state index is -4.46. The third-order valence-corrected chi connectivity index (χ3v) is 3.87. The van der Waals surface area contributed by atoms with Crippen LogP contribution in [0.4, 0.5) is 13.2 Å². The number of pyridine rings is 1. The van der Waals surface area contributed by atoms with Crippen molar-refractivity contribution in [1.29, 1.82) is 0 Å². The van der Waals surface area contributed by atoms with E-state index in [9.17, 15) is 18.3 Å². The van der Waals surface area contributed by atoms with Gasteiger partial charge in [0.05, 0.1) is 18.8 Å². The summed E-state index contributed by atoms with van der Waals surface area (Å²) in [4.78, 5) is 3.43. The lowest BCUT2D eigenvalue weighted by molar-refractivity contribution is -0.141. The van der Waals surface area contributed by atoms with E-state index in [1.54, 1.807) is 0 Å². The van der Waals surface area contributed by atoms with Crippen molar-refractivity contribution in [2.45, 2.75) is 36.7 Å². The lowest BCUT2D eigenvalue weighted by Gasteiger charge is -2.45. The molecule has 2 N–H and O–H groups in total. The molecule has 2 fully saturated rings. The summed E-state index contributed by atoms with van der Waals surface area (Å²) in [6.45, 7) is 1.01. The van der Waals surface area contributed by atoms with Crippen LogP contribution in [0.2, 0.25) is 0 Å². The Bertz CT molecular complexity index is 477. The number of piperidine rings is 1. The Morgan fingerprint density at radius 1 is 1.25 bits per heavy atom. The number of alkyl halides is 3. The maximum Gasteiger partial charge on any atom is 0.433 e. The van der Waals surface area contributed by atoms with Gasteiger partial charge in [0.2, 0.25) is 0 Å². The Balaban J connectivity index is 1.84. The van der Waals surface area contributed by atoms with Crippen LogP contribution < -0.4 is 5.32 Å². The zero-order valence-corrected chi connectivity index (χ0v) is 10.7. The van der Waals surface area contributed by atoms with Gasteiger partial charge in [0, 0.05) is 23.8 Å². The molecule has 0 saturated carbocycles.